The maximum Gasteiger partial charge on any atom is 0.224 e. The van der Waals surface area contributed by atoms with E-state index >= 15 is 0 Å². The second kappa shape index (κ2) is 10.3. The zero-order valence-corrected chi connectivity index (χ0v) is 16.4. The van der Waals surface area contributed by atoms with Crippen molar-refractivity contribution in [3.63, 3.8) is 0 Å². The molecule has 0 aliphatic rings. The van der Waals surface area contributed by atoms with Gasteiger partial charge in [0.15, 0.2) is 0 Å². The van der Waals surface area contributed by atoms with Gasteiger partial charge in [0.2, 0.25) is 5.91 Å². The first-order valence-electron chi connectivity index (χ1n) is 8.76. The summed E-state index contributed by atoms with van der Waals surface area (Å²) in [5, 5.41) is 7.51. The topological polar surface area (TPSA) is 72.9 Å². The summed E-state index contributed by atoms with van der Waals surface area (Å²) < 4.78 is 14.9. The van der Waals surface area contributed by atoms with Crippen molar-refractivity contribution >= 4 is 18.3 Å². The lowest BCUT2D eigenvalue weighted by Gasteiger charge is -2.16. The molecule has 1 unspecified atom stereocenters. The van der Waals surface area contributed by atoms with Gasteiger partial charge in [0.05, 0.1) is 17.8 Å². The highest BCUT2D eigenvalue weighted by Gasteiger charge is 2.17. The summed E-state index contributed by atoms with van der Waals surface area (Å²) in [7, 11) is 0. The molecular weight excluding hydrogens is 355 g/mol. The predicted molar refractivity (Wildman–Crippen MR) is 104 cm³/mol. The number of hydrogen-bond acceptors (Lipinski definition) is 3. The van der Waals surface area contributed by atoms with E-state index < -0.39 is 0 Å². The Balaban J connectivity index is 0.00000338. The number of nitrogens with two attached hydrogens (primary N) is 1. The molecule has 2 aromatic rings. The second-order valence-corrected chi connectivity index (χ2v) is 6.36. The molecule has 1 aromatic carbocycles. The summed E-state index contributed by atoms with van der Waals surface area (Å²) in [6, 6.07) is 6.16. The fourth-order valence-corrected chi connectivity index (χ4v) is 2.90. The average molecular weight is 383 g/mol. The lowest BCUT2D eigenvalue weighted by molar-refractivity contribution is -0.121. The minimum absolute atomic E-state index is 0. The number of aryl methyl sites for hydroxylation is 1. The number of nitrogens with one attached hydrogen (secondary N) is 1. The minimum atomic E-state index is -0.287. The third-order valence-corrected chi connectivity index (χ3v) is 4.41. The van der Waals surface area contributed by atoms with Crippen LogP contribution in [0.3, 0.4) is 0 Å². The standard InChI is InChI=1S/C19H27FN4O.ClH/c1-4-5-6-16(12-21)22-19(25)11-18-13(2)23-24(14(18)3)17-9-7-15(20)8-10-17;/h7-10,16H,4-6,11-12,21H2,1-3H3,(H,22,25);1H. The minimum Gasteiger partial charge on any atom is -0.352 e. The molecule has 26 heavy (non-hydrogen) atoms. The van der Waals surface area contributed by atoms with Crippen LogP contribution in [0.4, 0.5) is 4.39 Å². The number of nitrogens with zero attached hydrogens (tertiary/aromatic N) is 2. The van der Waals surface area contributed by atoms with Gasteiger partial charge in [0.1, 0.15) is 5.82 Å². The van der Waals surface area contributed by atoms with Crippen molar-refractivity contribution in [1.82, 2.24) is 15.1 Å². The van der Waals surface area contributed by atoms with Crippen molar-refractivity contribution < 1.29 is 9.18 Å². The summed E-state index contributed by atoms with van der Waals surface area (Å²) in [6.07, 6.45) is 3.28. The van der Waals surface area contributed by atoms with Crippen molar-refractivity contribution in [3.05, 3.63) is 47.0 Å². The third-order valence-electron chi connectivity index (χ3n) is 4.41. The molecule has 0 fully saturated rings. The van der Waals surface area contributed by atoms with Gasteiger partial charge in [-0.05, 0) is 44.5 Å². The zero-order chi connectivity index (χ0) is 18.4. The Morgan fingerprint density at radius 2 is 1.96 bits per heavy atom. The van der Waals surface area contributed by atoms with Crippen LogP contribution in [0, 0.1) is 19.7 Å². The third kappa shape index (κ3) is 5.54. The molecule has 1 atom stereocenters. The van der Waals surface area contributed by atoms with Gasteiger partial charge >= 0.3 is 0 Å². The molecule has 2 rings (SSSR count). The normalized spacial score (nSPS) is 11.7. The first kappa shape index (κ1) is 22.1. The average Bonchev–Trinajstić information content (AvgIpc) is 2.87. The van der Waals surface area contributed by atoms with E-state index in [1.165, 1.54) is 12.1 Å². The fraction of sp³-hybridized carbons (Fsp3) is 0.474. The van der Waals surface area contributed by atoms with Crippen LogP contribution in [0.5, 0.6) is 0 Å². The zero-order valence-electron chi connectivity index (χ0n) is 15.6. The molecular formula is C19H28ClFN4O. The van der Waals surface area contributed by atoms with E-state index in [0.29, 0.717) is 6.54 Å². The van der Waals surface area contributed by atoms with Gasteiger partial charge < -0.3 is 11.1 Å². The molecule has 1 heterocycles. The van der Waals surface area contributed by atoms with Crippen molar-refractivity contribution in [2.24, 2.45) is 5.73 Å². The second-order valence-electron chi connectivity index (χ2n) is 6.36. The van der Waals surface area contributed by atoms with E-state index in [-0.39, 0.29) is 36.6 Å². The van der Waals surface area contributed by atoms with Gasteiger partial charge in [-0.25, -0.2) is 9.07 Å². The number of unbranched alkanes of at least 4 members (excludes halogenated alkanes) is 1. The van der Waals surface area contributed by atoms with Crippen molar-refractivity contribution in [1.29, 1.82) is 0 Å². The number of carbonyl (C=O) groups excluding carboxylic acids is 1. The van der Waals surface area contributed by atoms with Crippen molar-refractivity contribution in [2.75, 3.05) is 6.54 Å². The Kier molecular flexibility index (Phi) is 8.75. The highest BCUT2D eigenvalue weighted by Crippen LogP contribution is 2.19. The van der Waals surface area contributed by atoms with Crippen LogP contribution in [0.15, 0.2) is 24.3 Å². The number of rotatable bonds is 8. The van der Waals surface area contributed by atoms with Gasteiger partial charge in [-0.15, -0.1) is 12.4 Å². The first-order chi connectivity index (χ1) is 12.0. The molecule has 0 radical (unpaired) electrons. The van der Waals surface area contributed by atoms with Gasteiger partial charge in [-0.1, -0.05) is 19.8 Å². The van der Waals surface area contributed by atoms with E-state index in [4.69, 9.17) is 5.73 Å². The maximum atomic E-state index is 13.1. The molecule has 0 spiro atoms. The van der Waals surface area contributed by atoms with Crippen molar-refractivity contribution in [2.45, 2.75) is 52.5 Å². The van der Waals surface area contributed by atoms with Crippen LogP contribution in [0.1, 0.15) is 43.1 Å². The lowest BCUT2D eigenvalue weighted by atomic mass is 10.1. The molecule has 0 bridgehead atoms. The monoisotopic (exact) mass is 382 g/mol. The highest BCUT2D eigenvalue weighted by molar-refractivity contribution is 5.85. The quantitative estimate of drug-likeness (QED) is 0.736. The number of aromatic nitrogens is 2. The summed E-state index contributed by atoms with van der Waals surface area (Å²) in [5.41, 5.74) is 9.10. The summed E-state index contributed by atoms with van der Waals surface area (Å²) in [5.74, 6) is -0.332. The molecule has 144 valence electrons. The molecule has 1 amide bonds. The molecule has 0 saturated heterocycles. The number of benzene rings is 1. The Labute approximate surface area is 160 Å². The van der Waals surface area contributed by atoms with Crippen LogP contribution < -0.4 is 11.1 Å². The van der Waals surface area contributed by atoms with Crippen LogP contribution >= 0.6 is 12.4 Å². The summed E-state index contributed by atoms with van der Waals surface area (Å²) in [6.45, 7) is 6.36. The number of carbonyl (C=O) groups is 1. The number of halogens is 2. The van der Waals surface area contributed by atoms with E-state index in [9.17, 15) is 9.18 Å². The molecule has 1 aromatic heterocycles. The molecule has 0 aliphatic heterocycles. The van der Waals surface area contributed by atoms with E-state index in [1.54, 1.807) is 16.8 Å². The SMILES string of the molecule is CCCCC(CN)NC(=O)Cc1c(C)nn(-c2ccc(F)cc2)c1C.Cl. The Morgan fingerprint density at radius 3 is 2.54 bits per heavy atom. The Bertz CT molecular complexity index is 715. The van der Waals surface area contributed by atoms with Crippen LogP contribution in [0.25, 0.3) is 5.69 Å². The van der Waals surface area contributed by atoms with Gasteiger partial charge in [0, 0.05) is 23.8 Å². The Morgan fingerprint density at radius 1 is 1.31 bits per heavy atom. The van der Waals surface area contributed by atoms with Gasteiger partial charge in [-0.2, -0.15) is 5.10 Å². The van der Waals surface area contributed by atoms with Crippen LogP contribution in [0.2, 0.25) is 0 Å². The Hall–Kier alpha value is -1.92. The summed E-state index contributed by atoms with van der Waals surface area (Å²) >= 11 is 0. The van der Waals surface area contributed by atoms with Crippen molar-refractivity contribution in [3.8, 4) is 5.69 Å². The molecule has 0 aliphatic carbocycles. The molecule has 7 heteroatoms. The smallest absolute Gasteiger partial charge is 0.224 e. The largest absolute Gasteiger partial charge is 0.352 e. The van der Waals surface area contributed by atoms with E-state index in [0.717, 1.165) is 41.9 Å². The van der Waals surface area contributed by atoms with E-state index in [1.807, 2.05) is 13.8 Å². The van der Waals surface area contributed by atoms with Crippen LogP contribution in [-0.2, 0) is 11.2 Å². The fourth-order valence-electron chi connectivity index (χ4n) is 2.90. The molecule has 3 N–H and O–H groups in total. The molecule has 0 saturated carbocycles. The van der Waals surface area contributed by atoms with Gasteiger partial charge in [0.25, 0.3) is 0 Å². The van der Waals surface area contributed by atoms with Gasteiger partial charge in [-0.3, -0.25) is 4.79 Å². The van der Waals surface area contributed by atoms with Crippen LogP contribution in [-0.4, -0.2) is 28.3 Å². The first-order valence-corrected chi connectivity index (χ1v) is 8.76. The summed E-state index contributed by atoms with van der Waals surface area (Å²) in [4.78, 5) is 12.4. The number of hydrogen-bond donors (Lipinski definition) is 2. The van der Waals surface area contributed by atoms with E-state index in [2.05, 4.69) is 17.3 Å². The predicted octanol–water partition coefficient (Wildman–Crippen LogP) is 3.23. The molecule has 5 nitrogen and oxygen atoms in total. The number of amides is 1. The maximum absolute atomic E-state index is 13.1. The highest BCUT2D eigenvalue weighted by atomic mass is 35.5. The lowest BCUT2D eigenvalue weighted by Crippen LogP contribution is -2.41.